The second-order valence-corrected chi connectivity index (χ2v) is 3.05. The van der Waals surface area contributed by atoms with Crippen LogP contribution in [-0.2, 0) is 4.74 Å². The zero-order valence-corrected chi connectivity index (χ0v) is 6.86. The molecule has 1 atom stereocenters. The first-order chi connectivity index (χ1) is 5.86. The molecule has 1 aliphatic heterocycles. The summed E-state index contributed by atoms with van der Waals surface area (Å²) < 4.78 is 5.50. The third-order valence-electron chi connectivity index (χ3n) is 2.08. The number of ether oxygens (including phenoxy) is 1. The molecule has 64 valence electrons. The van der Waals surface area contributed by atoms with E-state index in [1.807, 2.05) is 12.3 Å². The van der Waals surface area contributed by atoms with Crippen LogP contribution in [0.5, 0.6) is 0 Å². The molecule has 2 heterocycles. The van der Waals surface area contributed by atoms with Gasteiger partial charge in [0, 0.05) is 24.6 Å². The monoisotopic (exact) mass is 164 g/mol. The number of nitrogen functional groups attached to an aromatic ring is 1. The van der Waals surface area contributed by atoms with E-state index in [4.69, 9.17) is 10.5 Å². The molecule has 1 aromatic heterocycles. The van der Waals surface area contributed by atoms with Crippen LogP contribution in [-0.4, -0.2) is 11.6 Å². The molecule has 1 fully saturated rings. The molecule has 0 spiro atoms. The van der Waals surface area contributed by atoms with Gasteiger partial charge in [-0.3, -0.25) is 4.98 Å². The average molecular weight is 164 g/mol. The topological polar surface area (TPSA) is 48.1 Å². The highest BCUT2D eigenvalue weighted by Crippen LogP contribution is 2.28. The van der Waals surface area contributed by atoms with Crippen LogP contribution in [0, 0.1) is 0 Å². The van der Waals surface area contributed by atoms with Crippen molar-refractivity contribution in [2.45, 2.75) is 18.9 Å². The summed E-state index contributed by atoms with van der Waals surface area (Å²) in [5, 5.41) is 0. The zero-order chi connectivity index (χ0) is 8.39. The van der Waals surface area contributed by atoms with E-state index in [1.54, 1.807) is 6.20 Å². The summed E-state index contributed by atoms with van der Waals surface area (Å²) in [6.45, 7) is 0.861. The molecule has 0 radical (unpaired) electrons. The van der Waals surface area contributed by atoms with E-state index in [0.717, 1.165) is 25.0 Å². The molecule has 3 nitrogen and oxygen atoms in total. The fourth-order valence-electron chi connectivity index (χ4n) is 1.49. The number of anilines is 1. The number of nitrogens with two attached hydrogens (primary N) is 1. The summed E-state index contributed by atoms with van der Waals surface area (Å²) in [5.41, 5.74) is 7.42. The van der Waals surface area contributed by atoms with Gasteiger partial charge < -0.3 is 10.5 Å². The van der Waals surface area contributed by atoms with Gasteiger partial charge in [-0.2, -0.15) is 0 Å². The Labute approximate surface area is 71.6 Å². The first kappa shape index (κ1) is 7.55. The Morgan fingerprint density at radius 1 is 1.50 bits per heavy atom. The second kappa shape index (κ2) is 3.11. The van der Waals surface area contributed by atoms with E-state index >= 15 is 0 Å². The molecular weight excluding hydrogens is 152 g/mol. The van der Waals surface area contributed by atoms with Gasteiger partial charge in [-0.05, 0) is 18.9 Å². The number of hydrogen-bond donors (Lipinski definition) is 1. The van der Waals surface area contributed by atoms with Crippen LogP contribution in [0.25, 0.3) is 0 Å². The van der Waals surface area contributed by atoms with Crippen molar-refractivity contribution in [3.05, 3.63) is 24.0 Å². The van der Waals surface area contributed by atoms with Gasteiger partial charge in [-0.15, -0.1) is 0 Å². The standard InChI is InChI=1S/C9H12N2O/c10-8-4-7(5-11-6-8)9-2-1-3-12-9/h4-6,9H,1-3,10H2. The Morgan fingerprint density at radius 2 is 2.42 bits per heavy atom. The van der Waals surface area contributed by atoms with Gasteiger partial charge in [-0.25, -0.2) is 0 Å². The number of nitrogens with zero attached hydrogens (tertiary/aromatic N) is 1. The van der Waals surface area contributed by atoms with Crippen molar-refractivity contribution in [3.63, 3.8) is 0 Å². The summed E-state index contributed by atoms with van der Waals surface area (Å²) in [4.78, 5) is 4.02. The van der Waals surface area contributed by atoms with Crippen LogP contribution in [0.3, 0.4) is 0 Å². The average Bonchev–Trinajstić information content (AvgIpc) is 2.56. The maximum atomic E-state index is 5.61. The van der Waals surface area contributed by atoms with Gasteiger partial charge >= 0.3 is 0 Å². The number of aromatic nitrogens is 1. The lowest BCUT2D eigenvalue weighted by Gasteiger charge is -2.08. The quantitative estimate of drug-likeness (QED) is 0.684. The highest BCUT2D eigenvalue weighted by Gasteiger charge is 2.17. The molecule has 2 rings (SSSR count). The molecule has 0 amide bonds. The van der Waals surface area contributed by atoms with Crippen molar-refractivity contribution in [1.29, 1.82) is 0 Å². The van der Waals surface area contributed by atoms with Gasteiger partial charge in [0.2, 0.25) is 0 Å². The van der Waals surface area contributed by atoms with E-state index in [0.29, 0.717) is 5.69 Å². The smallest absolute Gasteiger partial charge is 0.0841 e. The lowest BCUT2D eigenvalue weighted by atomic mass is 10.1. The summed E-state index contributed by atoms with van der Waals surface area (Å²) in [6, 6.07) is 1.93. The van der Waals surface area contributed by atoms with Crippen LogP contribution in [0.4, 0.5) is 5.69 Å². The molecule has 3 heteroatoms. The molecule has 1 unspecified atom stereocenters. The minimum Gasteiger partial charge on any atom is -0.397 e. The van der Waals surface area contributed by atoms with Crippen molar-refractivity contribution in [1.82, 2.24) is 4.98 Å². The number of hydrogen-bond acceptors (Lipinski definition) is 3. The Balaban J connectivity index is 2.21. The predicted molar refractivity (Wildman–Crippen MR) is 46.6 cm³/mol. The molecule has 1 aromatic rings. The lowest BCUT2D eigenvalue weighted by molar-refractivity contribution is 0.111. The van der Waals surface area contributed by atoms with Gasteiger partial charge in [0.05, 0.1) is 11.8 Å². The molecule has 1 saturated heterocycles. The third-order valence-corrected chi connectivity index (χ3v) is 2.08. The van der Waals surface area contributed by atoms with Crippen molar-refractivity contribution < 1.29 is 4.74 Å². The summed E-state index contributed by atoms with van der Waals surface area (Å²) in [7, 11) is 0. The molecule has 0 aliphatic carbocycles. The fraction of sp³-hybridized carbons (Fsp3) is 0.444. The van der Waals surface area contributed by atoms with Crippen molar-refractivity contribution in [2.75, 3.05) is 12.3 Å². The summed E-state index contributed by atoms with van der Waals surface area (Å²) in [5.74, 6) is 0. The van der Waals surface area contributed by atoms with E-state index in [-0.39, 0.29) is 6.10 Å². The predicted octanol–water partition coefficient (Wildman–Crippen LogP) is 1.52. The second-order valence-electron chi connectivity index (χ2n) is 3.05. The zero-order valence-electron chi connectivity index (χ0n) is 6.86. The van der Waals surface area contributed by atoms with Gasteiger partial charge in [-0.1, -0.05) is 0 Å². The van der Waals surface area contributed by atoms with Gasteiger partial charge in [0.1, 0.15) is 0 Å². The van der Waals surface area contributed by atoms with Crippen LogP contribution in [0.2, 0.25) is 0 Å². The Bertz CT molecular complexity index is 269. The molecule has 0 aromatic carbocycles. The molecule has 0 bridgehead atoms. The van der Waals surface area contributed by atoms with E-state index < -0.39 is 0 Å². The maximum Gasteiger partial charge on any atom is 0.0841 e. The van der Waals surface area contributed by atoms with Crippen molar-refractivity contribution in [2.24, 2.45) is 0 Å². The fourth-order valence-corrected chi connectivity index (χ4v) is 1.49. The van der Waals surface area contributed by atoms with Crippen LogP contribution >= 0.6 is 0 Å². The molecule has 12 heavy (non-hydrogen) atoms. The summed E-state index contributed by atoms with van der Waals surface area (Å²) in [6.07, 6.45) is 5.93. The van der Waals surface area contributed by atoms with Gasteiger partial charge in [0.25, 0.3) is 0 Å². The maximum absolute atomic E-state index is 5.61. The van der Waals surface area contributed by atoms with E-state index in [2.05, 4.69) is 4.98 Å². The molecule has 1 aliphatic rings. The molecule has 2 N–H and O–H groups in total. The number of pyridine rings is 1. The molecule has 0 saturated carbocycles. The van der Waals surface area contributed by atoms with Crippen LogP contribution < -0.4 is 5.73 Å². The number of rotatable bonds is 1. The lowest BCUT2D eigenvalue weighted by Crippen LogP contribution is -1.97. The minimum absolute atomic E-state index is 0.223. The third kappa shape index (κ3) is 1.41. The van der Waals surface area contributed by atoms with E-state index in [1.165, 1.54) is 0 Å². The van der Waals surface area contributed by atoms with Crippen LogP contribution in [0.1, 0.15) is 24.5 Å². The first-order valence-electron chi connectivity index (χ1n) is 4.18. The highest BCUT2D eigenvalue weighted by atomic mass is 16.5. The summed E-state index contributed by atoms with van der Waals surface area (Å²) >= 11 is 0. The highest BCUT2D eigenvalue weighted by molar-refractivity contribution is 5.37. The Kier molecular flexibility index (Phi) is 1.96. The normalized spacial score (nSPS) is 22.8. The van der Waals surface area contributed by atoms with Crippen LogP contribution in [0.15, 0.2) is 18.5 Å². The van der Waals surface area contributed by atoms with Gasteiger partial charge in [0.15, 0.2) is 0 Å². The minimum atomic E-state index is 0.223. The van der Waals surface area contributed by atoms with Crippen molar-refractivity contribution >= 4 is 5.69 Å². The SMILES string of the molecule is Nc1cncc(C2CCCO2)c1. The molecular formula is C9H12N2O. The Hall–Kier alpha value is -1.09. The largest absolute Gasteiger partial charge is 0.397 e. The Morgan fingerprint density at radius 3 is 3.08 bits per heavy atom. The van der Waals surface area contributed by atoms with Crippen molar-refractivity contribution in [3.8, 4) is 0 Å². The first-order valence-corrected chi connectivity index (χ1v) is 4.18. The van der Waals surface area contributed by atoms with E-state index in [9.17, 15) is 0 Å².